The standard InChI is InChI=1S/C21H17FN6O2S/c1-13(29)26-15-3-2-4-16(9-15)27-19(30)11-31-21-18-10-25-28(20(18)23-12-24-21)17-7-5-14(22)6-8-17/h2-10,12H,11H2,1H3,(H,26,29)(H,27,30). The highest BCUT2D eigenvalue weighted by Crippen LogP contribution is 2.26. The summed E-state index contributed by atoms with van der Waals surface area (Å²) in [5.41, 5.74) is 2.41. The number of thioether (sulfide) groups is 1. The molecule has 0 aliphatic heterocycles. The summed E-state index contributed by atoms with van der Waals surface area (Å²) in [6.45, 7) is 1.42. The highest BCUT2D eigenvalue weighted by Gasteiger charge is 2.13. The summed E-state index contributed by atoms with van der Waals surface area (Å²) in [6.07, 6.45) is 3.02. The zero-order chi connectivity index (χ0) is 21.8. The summed E-state index contributed by atoms with van der Waals surface area (Å²) in [7, 11) is 0. The zero-order valence-corrected chi connectivity index (χ0v) is 17.2. The maximum absolute atomic E-state index is 13.2. The van der Waals surface area contributed by atoms with Crippen LogP contribution in [0.1, 0.15) is 6.92 Å². The average Bonchev–Trinajstić information content (AvgIpc) is 3.17. The smallest absolute Gasteiger partial charge is 0.234 e. The van der Waals surface area contributed by atoms with Crippen LogP contribution in [0.4, 0.5) is 15.8 Å². The van der Waals surface area contributed by atoms with Crippen LogP contribution >= 0.6 is 11.8 Å². The highest BCUT2D eigenvalue weighted by atomic mass is 32.2. The van der Waals surface area contributed by atoms with E-state index in [0.29, 0.717) is 33.1 Å². The summed E-state index contributed by atoms with van der Waals surface area (Å²) in [6, 6.07) is 12.8. The third kappa shape index (κ3) is 4.86. The van der Waals surface area contributed by atoms with E-state index in [2.05, 4.69) is 25.7 Å². The maximum Gasteiger partial charge on any atom is 0.234 e. The molecule has 0 radical (unpaired) electrons. The van der Waals surface area contributed by atoms with E-state index in [0.717, 1.165) is 0 Å². The molecule has 156 valence electrons. The van der Waals surface area contributed by atoms with Gasteiger partial charge in [0.2, 0.25) is 11.8 Å². The van der Waals surface area contributed by atoms with E-state index in [1.54, 1.807) is 47.3 Å². The van der Waals surface area contributed by atoms with Gasteiger partial charge in [-0.2, -0.15) is 5.10 Å². The van der Waals surface area contributed by atoms with Crippen LogP contribution in [0.3, 0.4) is 0 Å². The first-order chi connectivity index (χ1) is 15.0. The number of fused-ring (bicyclic) bond motifs is 1. The van der Waals surface area contributed by atoms with Crippen molar-refractivity contribution in [3.8, 4) is 5.69 Å². The van der Waals surface area contributed by atoms with Gasteiger partial charge in [0.15, 0.2) is 5.65 Å². The predicted molar refractivity (Wildman–Crippen MR) is 117 cm³/mol. The number of halogens is 1. The van der Waals surface area contributed by atoms with Gasteiger partial charge in [-0.15, -0.1) is 0 Å². The van der Waals surface area contributed by atoms with Crippen molar-refractivity contribution in [2.45, 2.75) is 11.9 Å². The molecule has 2 aromatic carbocycles. The molecular weight excluding hydrogens is 419 g/mol. The van der Waals surface area contributed by atoms with Crippen molar-refractivity contribution >= 4 is 46.0 Å². The molecule has 0 saturated carbocycles. The van der Waals surface area contributed by atoms with Gasteiger partial charge in [-0.05, 0) is 42.5 Å². The number of carbonyl (C=O) groups excluding carboxylic acids is 2. The number of hydrogen-bond acceptors (Lipinski definition) is 6. The molecule has 2 N–H and O–H groups in total. The fourth-order valence-corrected chi connectivity index (χ4v) is 3.68. The Morgan fingerprint density at radius 2 is 1.81 bits per heavy atom. The van der Waals surface area contributed by atoms with E-state index in [1.807, 2.05) is 0 Å². The van der Waals surface area contributed by atoms with E-state index < -0.39 is 0 Å². The number of nitrogens with zero attached hydrogens (tertiary/aromatic N) is 4. The molecule has 2 heterocycles. The minimum Gasteiger partial charge on any atom is -0.326 e. The number of carbonyl (C=O) groups is 2. The minimum atomic E-state index is -0.334. The molecule has 31 heavy (non-hydrogen) atoms. The van der Waals surface area contributed by atoms with Crippen molar-refractivity contribution in [2.75, 3.05) is 16.4 Å². The lowest BCUT2D eigenvalue weighted by molar-refractivity contribution is -0.114. The van der Waals surface area contributed by atoms with Gasteiger partial charge >= 0.3 is 0 Å². The topological polar surface area (TPSA) is 102 Å². The van der Waals surface area contributed by atoms with E-state index in [4.69, 9.17) is 0 Å². The molecule has 4 aromatic rings. The van der Waals surface area contributed by atoms with Crippen molar-refractivity contribution in [2.24, 2.45) is 0 Å². The Kier molecular flexibility index (Phi) is 5.89. The minimum absolute atomic E-state index is 0.123. The lowest BCUT2D eigenvalue weighted by Crippen LogP contribution is -2.14. The van der Waals surface area contributed by atoms with Gasteiger partial charge in [0.1, 0.15) is 17.2 Å². The number of anilines is 2. The van der Waals surface area contributed by atoms with Gasteiger partial charge in [0.05, 0.1) is 23.0 Å². The Morgan fingerprint density at radius 3 is 2.55 bits per heavy atom. The van der Waals surface area contributed by atoms with Crippen LogP contribution in [-0.2, 0) is 9.59 Å². The molecule has 0 spiro atoms. The molecule has 2 aromatic heterocycles. The number of hydrogen-bond donors (Lipinski definition) is 2. The van der Waals surface area contributed by atoms with Crippen molar-refractivity contribution < 1.29 is 14.0 Å². The number of benzene rings is 2. The summed E-state index contributed by atoms with van der Waals surface area (Å²) in [4.78, 5) is 32.1. The van der Waals surface area contributed by atoms with Gasteiger partial charge in [-0.1, -0.05) is 17.8 Å². The van der Waals surface area contributed by atoms with Crippen LogP contribution in [0.5, 0.6) is 0 Å². The predicted octanol–water partition coefficient (Wildman–Crippen LogP) is 3.64. The van der Waals surface area contributed by atoms with Crippen LogP contribution in [0.15, 0.2) is 66.1 Å². The largest absolute Gasteiger partial charge is 0.326 e. The van der Waals surface area contributed by atoms with Crippen LogP contribution < -0.4 is 10.6 Å². The fraction of sp³-hybridized carbons (Fsp3) is 0.0952. The zero-order valence-electron chi connectivity index (χ0n) is 16.4. The van der Waals surface area contributed by atoms with Crippen molar-refractivity contribution in [3.63, 3.8) is 0 Å². The van der Waals surface area contributed by atoms with Crippen molar-refractivity contribution in [1.82, 2.24) is 19.7 Å². The highest BCUT2D eigenvalue weighted by molar-refractivity contribution is 8.00. The first kappa shape index (κ1) is 20.5. The van der Waals surface area contributed by atoms with Gasteiger partial charge in [-0.3, -0.25) is 9.59 Å². The third-order valence-corrected chi connectivity index (χ3v) is 5.21. The Labute approximate surface area is 180 Å². The second-order valence-electron chi connectivity index (χ2n) is 6.55. The Hall–Kier alpha value is -3.79. The molecular formula is C21H17FN6O2S. The van der Waals surface area contributed by atoms with Gasteiger partial charge < -0.3 is 10.6 Å². The molecule has 0 atom stereocenters. The van der Waals surface area contributed by atoms with Crippen LogP contribution in [0, 0.1) is 5.82 Å². The molecule has 0 saturated heterocycles. The van der Waals surface area contributed by atoms with Gasteiger partial charge in [0, 0.05) is 18.3 Å². The molecule has 10 heteroatoms. The summed E-state index contributed by atoms with van der Waals surface area (Å²) in [5.74, 6) is -0.617. The second-order valence-corrected chi connectivity index (χ2v) is 7.51. The fourth-order valence-electron chi connectivity index (χ4n) is 2.92. The first-order valence-corrected chi connectivity index (χ1v) is 10.2. The third-order valence-electron chi connectivity index (χ3n) is 4.21. The summed E-state index contributed by atoms with van der Waals surface area (Å²) < 4.78 is 14.8. The van der Waals surface area contributed by atoms with Gasteiger partial charge in [0.25, 0.3) is 0 Å². The number of rotatable bonds is 6. The van der Waals surface area contributed by atoms with E-state index in [1.165, 1.54) is 37.1 Å². The Morgan fingerprint density at radius 1 is 1.06 bits per heavy atom. The molecule has 8 nitrogen and oxygen atoms in total. The van der Waals surface area contributed by atoms with Crippen molar-refractivity contribution in [1.29, 1.82) is 0 Å². The van der Waals surface area contributed by atoms with Crippen LogP contribution in [0.25, 0.3) is 16.7 Å². The number of amides is 2. The maximum atomic E-state index is 13.2. The lowest BCUT2D eigenvalue weighted by atomic mass is 10.2. The number of nitrogens with one attached hydrogen (secondary N) is 2. The molecule has 4 rings (SSSR count). The SMILES string of the molecule is CC(=O)Nc1cccc(NC(=O)CSc2ncnc3c2cnn3-c2ccc(F)cc2)c1. The molecule has 0 bridgehead atoms. The molecule has 2 amide bonds. The average molecular weight is 436 g/mol. The monoisotopic (exact) mass is 436 g/mol. The number of aromatic nitrogens is 4. The Balaban J connectivity index is 1.46. The molecule has 0 unspecified atom stereocenters. The molecule has 0 aliphatic carbocycles. The summed E-state index contributed by atoms with van der Waals surface area (Å²) >= 11 is 1.26. The van der Waals surface area contributed by atoms with E-state index in [-0.39, 0.29) is 23.4 Å². The lowest BCUT2D eigenvalue weighted by Gasteiger charge is -2.08. The van der Waals surface area contributed by atoms with Crippen molar-refractivity contribution in [3.05, 3.63) is 66.9 Å². The Bertz CT molecular complexity index is 1260. The van der Waals surface area contributed by atoms with Crippen LogP contribution in [0.2, 0.25) is 0 Å². The molecule has 0 fully saturated rings. The van der Waals surface area contributed by atoms with Crippen LogP contribution in [-0.4, -0.2) is 37.3 Å². The van der Waals surface area contributed by atoms with E-state index in [9.17, 15) is 14.0 Å². The quantitative estimate of drug-likeness (QED) is 0.353. The second kappa shape index (κ2) is 8.92. The summed E-state index contributed by atoms with van der Waals surface area (Å²) in [5, 5.41) is 11.1. The first-order valence-electron chi connectivity index (χ1n) is 9.24. The van der Waals surface area contributed by atoms with Gasteiger partial charge in [-0.25, -0.2) is 19.0 Å². The normalized spacial score (nSPS) is 10.8. The van der Waals surface area contributed by atoms with E-state index >= 15 is 0 Å². The molecule has 0 aliphatic rings.